The lowest BCUT2D eigenvalue weighted by Gasteiger charge is -2.38. The lowest BCUT2D eigenvalue weighted by molar-refractivity contribution is -0.138. The predicted octanol–water partition coefficient (Wildman–Crippen LogP) is 2.14. The lowest BCUT2D eigenvalue weighted by Crippen LogP contribution is -2.56. The zero-order chi connectivity index (χ0) is 17.0. The van der Waals surface area contributed by atoms with Crippen LogP contribution in [0.25, 0.3) is 0 Å². The first-order valence-electron chi connectivity index (χ1n) is 7.98. The van der Waals surface area contributed by atoms with Crippen molar-refractivity contribution in [3.8, 4) is 0 Å². The van der Waals surface area contributed by atoms with E-state index in [-0.39, 0.29) is 17.9 Å². The van der Waals surface area contributed by atoms with Crippen LogP contribution in [0.15, 0.2) is 28.7 Å². The maximum absolute atomic E-state index is 12.9. The van der Waals surface area contributed by atoms with Gasteiger partial charge in [-0.1, -0.05) is 35.0 Å². The summed E-state index contributed by atoms with van der Waals surface area (Å²) in [5, 5.41) is 2.97. The zero-order valence-corrected chi connectivity index (χ0v) is 15.2. The maximum Gasteiger partial charge on any atom is 0.247 e. The molecule has 2 unspecified atom stereocenters. The molecule has 3 N–H and O–H groups in total. The van der Waals surface area contributed by atoms with Gasteiger partial charge in [-0.25, -0.2) is 0 Å². The summed E-state index contributed by atoms with van der Waals surface area (Å²) in [5.41, 5.74) is 6.05. The highest BCUT2D eigenvalue weighted by Gasteiger charge is 2.36. The fourth-order valence-corrected chi connectivity index (χ4v) is 3.12. The Balaban J connectivity index is 2.08. The van der Waals surface area contributed by atoms with Gasteiger partial charge in [-0.2, -0.15) is 0 Å². The highest BCUT2D eigenvalue weighted by Crippen LogP contribution is 2.24. The molecule has 2 atom stereocenters. The number of nitrogens with zero attached hydrogens (tertiary/aromatic N) is 1. The Kier molecular flexibility index (Phi) is 5.81. The van der Waals surface area contributed by atoms with E-state index in [0.717, 1.165) is 22.9 Å². The third-order valence-corrected chi connectivity index (χ3v) is 4.81. The fraction of sp³-hybridized carbons (Fsp3) is 0.529. The summed E-state index contributed by atoms with van der Waals surface area (Å²) < 4.78 is 0.949. The van der Waals surface area contributed by atoms with Gasteiger partial charge in [0.2, 0.25) is 11.8 Å². The summed E-state index contributed by atoms with van der Waals surface area (Å²) in [6.45, 7) is 4.77. The number of hydrogen-bond donors (Lipinski definition) is 2. The zero-order valence-electron chi connectivity index (χ0n) is 13.6. The Morgan fingerprint density at radius 1 is 1.39 bits per heavy atom. The summed E-state index contributed by atoms with van der Waals surface area (Å²) in [6, 6.07) is 7.51. The van der Waals surface area contributed by atoms with Gasteiger partial charge in [0.25, 0.3) is 0 Å². The van der Waals surface area contributed by atoms with Gasteiger partial charge in [0.05, 0.1) is 0 Å². The molecule has 2 amide bonds. The molecule has 1 fully saturated rings. The van der Waals surface area contributed by atoms with E-state index in [1.165, 1.54) is 0 Å². The molecule has 0 aliphatic carbocycles. The van der Waals surface area contributed by atoms with Crippen molar-refractivity contribution in [3.63, 3.8) is 0 Å². The molecule has 0 spiro atoms. The number of piperidine rings is 1. The van der Waals surface area contributed by atoms with Crippen LogP contribution in [-0.4, -0.2) is 35.8 Å². The van der Waals surface area contributed by atoms with E-state index < -0.39 is 5.54 Å². The molecule has 1 aliphatic rings. The molecular weight excluding hydrogens is 358 g/mol. The average molecular weight is 382 g/mol. The van der Waals surface area contributed by atoms with Crippen LogP contribution >= 0.6 is 15.9 Å². The second-order valence-electron chi connectivity index (χ2n) is 6.22. The van der Waals surface area contributed by atoms with Crippen molar-refractivity contribution in [3.05, 3.63) is 34.3 Å². The normalized spacial score (nSPS) is 20.7. The van der Waals surface area contributed by atoms with Crippen LogP contribution in [-0.2, 0) is 15.1 Å². The molecule has 1 aromatic rings. The molecule has 1 aromatic carbocycles. The number of carbonyl (C=O) groups excluding carboxylic acids is 2. The third-order valence-electron chi connectivity index (χ3n) is 4.28. The summed E-state index contributed by atoms with van der Waals surface area (Å²) in [6.07, 6.45) is 2.23. The van der Waals surface area contributed by atoms with Gasteiger partial charge in [-0.05, 0) is 37.5 Å². The summed E-state index contributed by atoms with van der Waals surface area (Å²) >= 11 is 3.39. The minimum Gasteiger partial charge on any atom is -0.352 e. The molecule has 0 saturated carbocycles. The van der Waals surface area contributed by atoms with Gasteiger partial charge in [0.15, 0.2) is 0 Å². The number of benzene rings is 1. The van der Waals surface area contributed by atoms with E-state index >= 15 is 0 Å². The van der Waals surface area contributed by atoms with Gasteiger partial charge in [0.1, 0.15) is 5.54 Å². The minimum atomic E-state index is -1.07. The summed E-state index contributed by atoms with van der Waals surface area (Å²) in [5.74, 6) is -0.0806. The van der Waals surface area contributed by atoms with Crippen LogP contribution in [0.5, 0.6) is 0 Å². The van der Waals surface area contributed by atoms with Gasteiger partial charge in [-0.3, -0.25) is 9.59 Å². The molecule has 0 bridgehead atoms. The molecule has 1 heterocycles. The first-order valence-corrected chi connectivity index (χ1v) is 8.77. The Morgan fingerprint density at radius 2 is 2.04 bits per heavy atom. The Morgan fingerprint density at radius 3 is 2.65 bits per heavy atom. The summed E-state index contributed by atoms with van der Waals surface area (Å²) in [4.78, 5) is 26.2. The highest BCUT2D eigenvalue weighted by atomic mass is 79.9. The highest BCUT2D eigenvalue weighted by molar-refractivity contribution is 9.10. The van der Waals surface area contributed by atoms with Crippen molar-refractivity contribution in [2.75, 3.05) is 13.1 Å². The second-order valence-corrected chi connectivity index (χ2v) is 7.14. The fourth-order valence-electron chi connectivity index (χ4n) is 2.86. The van der Waals surface area contributed by atoms with Crippen LogP contribution in [0.4, 0.5) is 0 Å². The molecule has 0 radical (unpaired) electrons. The number of hydrogen-bond acceptors (Lipinski definition) is 3. The number of likely N-dealkylation sites (tertiary alicyclic amines) is 1. The van der Waals surface area contributed by atoms with E-state index in [9.17, 15) is 9.59 Å². The monoisotopic (exact) mass is 381 g/mol. The molecule has 23 heavy (non-hydrogen) atoms. The first kappa shape index (κ1) is 17.9. The van der Waals surface area contributed by atoms with Crippen LogP contribution in [0, 0.1) is 0 Å². The number of halogens is 1. The van der Waals surface area contributed by atoms with Gasteiger partial charge in [0, 0.05) is 30.0 Å². The third kappa shape index (κ3) is 4.32. The average Bonchev–Trinajstić information content (AvgIpc) is 2.54. The maximum atomic E-state index is 12.9. The van der Waals surface area contributed by atoms with Crippen molar-refractivity contribution in [1.82, 2.24) is 10.2 Å². The predicted molar refractivity (Wildman–Crippen MR) is 93.7 cm³/mol. The van der Waals surface area contributed by atoms with E-state index in [2.05, 4.69) is 21.2 Å². The van der Waals surface area contributed by atoms with Crippen molar-refractivity contribution < 1.29 is 9.59 Å². The quantitative estimate of drug-likeness (QED) is 0.838. The van der Waals surface area contributed by atoms with Crippen molar-refractivity contribution in [2.45, 2.75) is 44.7 Å². The summed E-state index contributed by atoms with van der Waals surface area (Å²) in [7, 11) is 0. The molecule has 126 valence electrons. The molecule has 0 aromatic heterocycles. The second kappa shape index (κ2) is 7.45. The van der Waals surface area contributed by atoms with Crippen LogP contribution in [0.2, 0.25) is 0 Å². The first-order chi connectivity index (χ1) is 10.8. The molecule has 1 saturated heterocycles. The van der Waals surface area contributed by atoms with Crippen LogP contribution in [0.3, 0.4) is 0 Å². The van der Waals surface area contributed by atoms with Crippen molar-refractivity contribution in [2.24, 2.45) is 5.73 Å². The van der Waals surface area contributed by atoms with Gasteiger partial charge < -0.3 is 16.0 Å². The number of carbonyl (C=O) groups is 2. The van der Waals surface area contributed by atoms with Crippen LogP contribution in [0.1, 0.15) is 38.7 Å². The largest absolute Gasteiger partial charge is 0.352 e. The van der Waals surface area contributed by atoms with Crippen molar-refractivity contribution >= 4 is 27.7 Å². The Hall–Kier alpha value is -1.40. The van der Waals surface area contributed by atoms with E-state index in [4.69, 9.17) is 5.73 Å². The molecule has 2 rings (SSSR count). The topological polar surface area (TPSA) is 75.4 Å². The number of amides is 2. The molecular formula is C17H24BrN3O2. The van der Waals surface area contributed by atoms with E-state index in [1.807, 2.05) is 31.2 Å². The number of nitrogens with two attached hydrogens (primary N) is 1. The Bertz CT molecular complexity index is 572. The van der Waals surface area contributed by atoms with Crippen LogP contribution < -0.4 is 11.1 Å². The van der Waals surface area contributed by atoms with Crippen molar-refractivity contribution in [1.29, 1.82) is 0 Å². The van der Waals surface area contributed by atoms with E-state index in [1.54, 1.807) is 11.8 Å². The van der Waals surface area contributed by atoms with E-state index in [0.29, 0.717) is 19.5 Å². The molecule has 1 aliphatic heterocycles. The minimum absolute atomic E-state index is 0.0147. The SMILES string of the molecule is CCC(=O)NC1CCCN(C(=O)C(C)(N)c2ccc(Br)cc2)C1. The molecule has 5 nitrogen and oxygen atoms in total. The number of rotatable bonds is 4. The lowest BCUT2D eigenvalue weighted by atomic mass is 9.90. The van der Waals surface area contributed by atoms with Gasteiger partial charge >= 0.3 is 0 Å². The smallest absolute Gasteiger partial charge is 0.247 e. The number of nitrogens with one attached hydrogen (secondary N) is 1. The molecule has 6 heteroatoms. The van der Waals surface area contributed by atoms with Gasteiger partial charge in [-0.15, -0.1) is 0 Å². The Labute approximate surface area is 145 Å². The standard InChI is InChI=1S/C17H24BrN3O2/c1-3-15(22)20-14-5-4-10-21(11-14)16(23)17(2,19)12-6-8-13(18)9-7-12/h6-9,14H,3-5,10-11,19H2,1-2H3,(H,20,22).